The van der Waals surface area contributed by atoms with Gasteiger partial charge in [0.05, 0.1) is 0 Å². The number of piperidine rings is 1. The quantitative estimate of drug-likeness (QED) is 0.498. The van der Waals surface area contributed by atoms with E-state index in [4.69, 9.17) is 23.2 Å². The first-order chi connectivity index (χ1) is 14.1. The number of hydrogen-bond donors (Lipinski definition) is 0. The Morgan fingerprint density at radius 1 is 0.655 bits per heavy atom. The Bertz CT molecular complexity index is 794. The lowest BCUT2D eigenvalue weighted by molar-refractivity contribution is 0.207. The predicted molar refractivity (Wildman–Crippen MR) is 121 cm³/mol. The summed E-state index contributed by atoms with van der Waals surface area (Å²) in [5.41, 5.74) is 2.31. The SMILES string of the molecule is O=P1(N2CCCCC2)N(Cc2ccc(Cl)cc2)CCCN1Cc1ccc(Cl)cc1. The maximum absolute atomic E-state index is 14.7. The number of benzene rings is 2. The second kappa shape index (κ2) is 9.51. The van der Waals surface area contributed by atoms with E-state index in [-0.39, 0.29) is 0 Å². The van der Waals surface area contributed by atoms with Gasteiger partial charge in [0.15, 0.2) is 0 Å². The zero-order chi connectivity index (χ0) is 20.3. The predicted octanol–water partition coefficient (Wildman–Crippen LogP) is 6.30. The molecule has 2 aromatic carbocycles. The van der Waals surface area contributed by atoms with Gasteiger partial charge < -0.3 is 0 Å². The Hall–Kier alpha value is -0.870. The number of halogens is 2. The lowest BCUT2D eigenvalue weighted by Gasteiger charge is -2.49. The Balaban J connectivity index is 1.62. The lowest BCUT2D eigenvalue weighted by Crippen LogP contribution is -2.46. The maximum Gasteiger partial charge on any atom is 0.287 e. The van der Waals surface area contributed by atoms with E-state index < -0.39 is 7.59 Å². The van der Waals surface area contributed by atoms with Crippen LogP contribution < -0.4 is 0 Å². The van der Waals surface area contributed by atoms with Crippen LogP contribution in [-0.2, 0) is 17.7 Å². The lowest BCUT2D eigenvalue weighted by atomic mass is 10.2. The molecule has 0 aliphatic carbocycles. The summed E-state index contributed by atoms with van der Waals surface area (Å²) in [6, 6.07) is 15.8. The molecule has 2 heterocycles. The normalized spacial score (nSPS) is 21.3. The van der Waals surface area contributed by atoms with Crippen molar-refractivity contribution in [2.45, 2.75) is 38.8 Å². The van der Waals surface area contributed by atoms with Crippen molar-refractivity contribution in [1.29, 1.82) is 0 Å². The molecule has 2 saturated heterocycles. The molecule has 2 aliphatic heterocycles. The van der Waals surface area contributed by atoms with Crippen LogP contribution >= 0.6 is 30.8 Å². The minimum Gasteiger partial charge on any atom is -0.270 e. The first-order valence-electron chi connectivity index (χ1n) is 10.4. The molecule has 0 radical (unpaired) electrons. The molecule has 0 bridgehead atoms. The van der Waals surface area contributed by atoms with Gasteiger partial charge in [0.2, 0.25) is 0 Å². The molecule has 0 aromatic heterocycles. The zero-order valence-electron chi connectivity index (χ0n) is 16.6. The maximum atomic E-state index is 14.7. The van der Waals surface area contributed by atoms with Gasteiger partial charge in [-0.25, -0.2) is 14.0 Å². The van der Waals surface area contributed by atoms with Gasteiger partial charge in [-0.3, -0.25) is 4.57 Å². The molecule has 156 valence electrons. The number of rotatable bonds is 5. The molecule has 0 saturated carbocycles. The second-order valence-corrected chi connectivity index (χ2v) is 11.5. The molecule has 29 heavy (non-hydrogen) atoms. The van der Waals surface area contributed by atoms with E-state index in [9.17, 15) is 4.57 Å². The summed E-state index contributed by atoms with van der Waals surface area (Å²) in [4.78, 5) is 0. The van der Waals surface area contributed by atoms with Gasteiger partial charge in [-0.15, -0.1) is 0 Å². The summed E-state index contributed by atoms with van der Waals surface area (Å²) in [5, 5.41) is 1.46. The summed E-state index contributed by atoms with van der Waals surface area (Å²) < 4.78 is 21.4. The van der Waals surface area contributed by atoms with Crippen molar-refractivity contribution < 1.29 is 4.57 Å². The third-order valence-corrected chi connectivity index (χ3v) is 9.62. The molecule has 4 nitrogen and oxygen atoms in total. The highest BCUT2D eigenvalue weighted by molar-refractivity contribution is 7.56. The van der Waals surface area contributed by atoms with Crippen molar-refractivity contribution in [1.82, 2.24) is 14.0 Å². The minimum atomic E-state index is -2.83. The summed E-state index contributed by atoms with van der Waals surface area (Å²) >= 11 is 12.1. The Labute approximate surface area is 183 Å². The monoisotopic (exact) mass is 451 g/mol. The number of hydrogen-bond acceptors (Lipinski definition) is 1. The Kier molecular flexibility index (Phi) is 7.01. The highest BCUT2D eigenvalue weighted by atomic mass is 35.5. The van der Waals surface area contributed by atoms with E-state index in [2.05, 4.69) is 14.0 Å². The van der Waals surface area contributed by atoms with Crippen molar-refractivity contribution >= 4 is 30.8 Å². The molecule has 0 N–H and O–H groups in total. The summed E-state index contributed by atoms with van der Waals surface area (Å²) in [5.74, 6) is 0. The molecular weight excluding hydrogens is 424 g/mol. The van der Waals surface area contributed by atoms with Gasteiger partial charge in [0.1, 0.15) is 0 Å². The topological polar surface area (TPSA) is 26.8 Å². The average Bonchev–Trinajstić information content (AvgIpc) is 2.75. The van der Waals surface area contributed by atoms with Gasteiger partial charge >= 0.3 is 0 Å². The van der Waals surface area contributed by atoms with Crippen LogP contribution in [0.3, 0.4) is 0 Å². The van der Waals surface area contributed by atoms with Crippen LogP contribution in [0.2, 0.25) is 10.0 Å². The third kappa shape index (κ3) is 4.90. The Morgan fingerprint density at radius 2 is 1.10 bits per heavy atom. The van der Waals surface area contributed by atoms with Crippen LogP contribution in [0.25, 0.3) is 0 Å². The summed E-state index contributed by atoms with van der Waals surface area (Å²) in [6.45, 7) is 4.89. The zero-order valence-corrected chi connectivity index (χ0v) is 19.0. The molecule has 0 amide bonds. The smallest absolute Gasteiger partial charge is 0.270 e. The molecule has 0 unspecified atom stereocenters. The van der Waals surface area contributed by atoms with Crippen molar-refractivity contribution in [2.24, 2.45) is 0 Å². The molecule has 0 spiro atoms. The van der Waals surface area contributed by atoms with Gasteiger partial charge in [-0.2, -0.15) is 0 Å². The fourth-order valence-electron chi connectivity index (χ4n) is 4.31. The summed E-state index contributed by atoms with van der Waals surface area (Å²) in [6.07, 6.45) is 4.48. The van der Waals surface area contributed by atoms with E-state index >= 15 is 0 Å². The fraction of sp³-hybridized carbons (Fsp3) is 0.455. The van der Waals surface area contributed by atoms with Crippen LogP contribution in [-0.4, -0.2) is 40.2 Å². The van der Waals surface area contributed by atoms with Crippen LogP contribution in [0.5, 0.6) is 0 Å². The van der Waals surface area contributed by atoms with Crippen molar-refractivity contribution in [2.75, 3.05) is 26.2 Å². The van der Waals surface area contributed by atoms with Crippen LogP contribution in [0, 0.1) is 0 Å². The van der Waals surface area contributed by atoms with Crippen LogP contribution in [0.1, 0.15) is 36.8 Å². The van der Waals surface area contributed by atoms with Crippen LogP contribution in [0.4, 0.5) is 0 Å². The van der Waals surface area contributed by atoms with Gasteiger partial charge in [-0.1, -0.05) is 53.9 Å². The molecule has 2 fully saturated rings. The molecule has 4 rings (SSSR count). The minimum absolute atomic E-state index is 0.683. The molecular formula is C22H28Cl2N3OP. The van der Waals surface area contributed by atoms with Gasteiger partial charge in [-0.05, 0) is 54.7 Å². The first-order valence-corrected chi connectivity index (χ1v) is 12.7. The van der Waals surface area contributed by atoms with E-state index in [1.54, 1.807) is 0 Å². The third-order valence-electron chi connectivity index (χ3n) is 5.83. The van der Waals surface area contributed by atoms with Gasteiger partial charge in [0, 0.05) is 49.3 Å². The second-order valence-electron chi connectivity index (χ2n) is 7.91. The van der Waals surface area contributed by atoms with Gasteiger partial charge in [0.25, 0.3) is 7.59 Å². The standard InChI is InChI=1S/C22H28Cl2N3OP/c23-21-9-5-19(6-10-21)17-26-15-4-16-27(18-20-7-11-22(24)12-8-20)29(26,28)25-13-2-1-3-14-25/h5-12H,1-4,13-18H2. The highest BCUT2D eigenvalue weighted by Crippen LogP contribution is 2.60. The van der Waals surface area contributed by atoms with E-state index in [0.717, 1.165) is 66.6 Å². The molecule has 2 aromatic rings. The van der Waals surface area contributed by atoms with Crippen molar-refractivity contribution in [3.8, 4) is 0 Å². The van der Waals surface area contributed by atoms with E-state index in [1.165, 1.54) is 6.42 Å². The average molecular weight is 452 g/mol. The Morgan fingerprint density at radius 3 is 1.55 bits per heavy atom. The van der Waals surface area contributed by atoms with Crippen LogP contribution in [0.15, 0.2) is 48.5 Å². The molecule has 7 heteroatoms. The van der Waals surface area contributed by atoms with E-state index in [1.807, 2.05) is 48.5 Å². The molecule has 0 atom stereocenters. The fourth-order valence-corrected chi connectivity index (χ4v) is 7.94. The van der Waals surface area contributed by atoms with Crippen molar-refractivity contribution in [3.63, 3.8) is 0 Å². The van der Waals surface area contributed by atoms with Crippen molar-refractivity contribution in [3.05, 3.63) is 69.7 Å². The highest BCUT2D eigenvalue weighted by Gasteiger charge is 2.45. The number of nitrogens with zero attached hydrogens (tertiary/aromatic N) is 3. The molecule has 2 aliphatic rings. The summed E-state index contributed by atoms with van der Waals surface area (Å²) in [7, 11) is -2.83. The van der Waals surface area contributed by atoms with E-state index in [0.29, 0.717) is 13.1 Å². The largest absolute Gasteiger partial charge is 0.287 e. The first kappa shape index (κ1) is 21.4.